The van der Waals surface area contributed by atoms with E-state index in [1.54, 1.807) is 30.9 Å². The highest BCUT2D eigenvalue weighted by Gasteiger charge is 2.03. The fourth-order valence-electron chi connectivity index (χ4n) is 0.980. The molecule has 0 aliphatic carbocycles. The SMILES string of the molecule is N#Cc1ccncc1-n1nccn1. The maximum absolute atomic E-state index is 8.77. The number of nitrogens with zero attached hydrogens (tertiary/aromatic N) is 5. The molecule has 0 unspecified atom stereocenters. The molecule has 0 atom stereocenters. The van der Waals surface area contributed by atoms with E-state index < -0.39 is 0 Å². The number of aromatic nitrogens is 4. The molecular weight excluding hydrogens is 166 g/mol. The first-order valence-electron chi connectivity index (χ1n) is 3.62. The van der Waals surface area contributed by atoms with Gasteiger partial charge in [-0.2, -0.15) is 15.5 Å². The summed E-state index contributed by atoms with van der Waals surface area (Å²) in [5.74, 6) is 0. The Morgan fingerprint density at radius 3 is 2.69 bits per heavy atom. The van der Waals surface area contributed by atoms with Crippen molar-refractivity contribution in [1.29, 1.82) is 5.26 Å². The molecule has 0 aromatic carbocycles. The second-order valence-electron chi connectivity index (χ2n) is 2.32. The van der Waals surface area contributed by atoms with Gasteiger partial charge in [0.15, 0.2) is 0 Å². The fourth-order valence-corrected chi connectivity index (χ4v) is 0.980. The molecule has 62 valence electrons. The number of hydrogen-bond acceptors (Lipinski definition) is 4. The molecule has 0 saturated heterocycles. The van der Waals surface area contributed by atoms with Crippen molar-refractivity contribution in [2.45, 2.75) is 0 Å². The van der Waals surface area contributed by atoms with Crippen LogP contribution >= 0.6 is 0 Å². The lowest BCUT2D eigenvalue weighted by Gasteiger charge is -1.99. The Hall–Kier alpha value is -2.22. The van der Waals surface area contributed by atoms with Crippen molar-refractivity contribution >= 4 is 0 Å². The van der Waals surface area contributed by atoms with Crippen LogP contribution in [0.15, 0.2) is 30.9 Å². The summed E-state index contributed by atoms with van der Waals surface area (Å²) in [6, 6.07) is 3.67. The van der Waals surface area contributed by atoms with Gasteiger partial charge in [-0.05, 0) is 6.07 Å². The van der Waals surface area contributed by atoms with Gasteiger partial charge < -0.3 is 0 Å². The van der Waals surface area contributed by atoms with Crippen molar-refractivity contribution in [3.63, 3.8) is 0 Å². The summed E-state index contributed by atoms with van der Waals surface area (Å²) in [6.07, 6.45) is 6.21. The zero-order valence-corrected chi connectivity index (χ0v) is 6.62. The summed E-state index contributed by atoms with van der Waals surface area (Å²) >= 11 is 0. The van der Waals surface area contributed by atoms with E-state index in [1.165, 1.54) is 4.80 Å². The number of nitriles is 1. The van der Waals surface area contributed by atoms with Gasteiger partial charge in [0.05, 0.1) is 24.2 Å². The molecular formula is C8H5N5. The summed E-state index contributed by atoms with van der Waals surface area (Å²) in [5.41, 5.74) is 1.10. The average molecular weight is 171 g/mol. The zero-order chi connectivity index (χ0) is 9.10. The van der Waals surface area contributed by atoms with Crippen molar-refractivity contribution in [3.8, 4) is 11.8 Å². The third-order valence-corrected chi connectivity index (χ3v) is 1.55. The summed E-state index contributed by atoms with van der Waals surface area (Å²) < 4.78 is 0. The molecule has 2 heterocycles. The minimum atomic E-state index is 0.506. The number of hydrogen-bond donors (Lipinski definition) is 0. The highest BCUT2D eigenvalue weighted by Crippen LogP contribution is 2.07. The highest BCUT2D eigenvalue weighted by atomic mass is 15.5. The molecule has 5 heteroatoms. The zero-order valence-electron chi connectivity index (χ0n) is 6.62. The Morgan fingerprint density at radius 1 is 1.23 bits per heavy atom. The van der Waals surface area contributed by atoms with E-state index >= 15 is 0 Å². The maximum atomic E-state index is 8.77. The maximum Gasteiger partial charge on any atom is 0.122 e. The summed E-state index contributed by atoms with van der Waals surface area (Å²) in [4.78, 5) is 5.26. The van der Waals surface area contributed by atoms with Gasteiger partial charge in [-0.1, -0.05) is 0 Å². The minimum Gasteiger partial charge on any atom is -0.262 e. The van der Waals surface area contributed by atoms with Gasteiger partial charge in [-0.3, -0.25) is 4.98 Å². The van der Waals surface area contributed by atoms with Crippen LogP contribution in [0.3, 0.4) is 0 Å². The van der Waals surface area contributed by atoms with Crippen LogP contribution in [0.5, 0.6) is 0 Å². The molecule has 0 aliphatic heterocycles. The Bertz CT molecular complexity index is 440. The van der Waals surface area contributed by atoms with Crippen molar-refractivity contribution in [2.75, 3.05) is 0 Å². The molecule has 0 N–H and O–H groups in total. The van der Waals surface area contributed by atoms with Crippen LogP contribution in [0.2, 0.25) is 0 Å². The van der Waals surface area contributed by atoms with Crippen LogP contribution in [0.1, 0.15) is 5.56 Å². The lowest BCUT2D eigenvalue weighted by molar-refractivity contribution is 0.746. The number of rotatable bonds is 1. The Balaban J connectivity index is 2.59. The fraction of sp³-hybridized carbons (Fsp3) is 0. The van der Waals surface area contributed by atoms with Gasteiger partial charge in [0, 0.05) is 6.20 Å². The van der Waals surface area contributed by atoms with Crippen molar-refractivity contribution < 1.29 is 0 Å². The molecule has 0 aliphatic rings. The summed E-state index contributed by atoms with van der Waals surface area (Å²) in [7, 11) is 0. The summed E-state index contributed by atoms with van der Waals surface area (Å²) in [5, 5.41) is 16.6. The quantitative estimate of drug-likeness (QED) is 0.627. The second kappa shape index (κ2) is 3.03. The van der Waals surface area contributed by atoms with E-state index in [0.717, 1.165) is 0 Å². The van der Waals surface area contributed by atoms with Gasteiger partial charge >= 0.3 is 0 Å². The van der Waals surface area contributed by atoms with Gasteiger partial charge in [-0.25, -0.2) is 0 Å². The first-order valence-corrected chi connectivity index (χ1v) is 3.62. The van der Waals surface area contributed by atoms with Crippen molar-refractivity contribution in [3.05, 3.63) is 36.4 Å². The first-order chi connectivity index (χ1) is 6.42. The third-order valence-electron chi connectivity index (χ3n) is 1.55. The van der Waals surface area contributed by atoms with Gasteiger partial charge in [0.25, 0.3) is 0 Å². The van der Waals surface area contributed by atoms with Crippen LogP contribution in [0.25, 0.3) is 5.69 Å². The topological polar surface area (TPSA) is 67.4 Å². The second-order valence-corrected chi connectivity index (χ2v) is 2.32. The molecule has 2 aromatic rings. The van der Waals surface area contributed by atoms with E-state index in [0.29, 0.717) is 11.3 Å². The molecule has 2 rings (SSSR count). The standard InChI is InChI=1S/C8H5N5/c9-5-7-1-2-10-6-8(7)13-11-3-4-12-13/h1-4,6H. The molecule has 0 radical (unpaired) electrons. The molecule has 5 nitrogen and oxygen atoms in total. The average Bonchev–Trinajstić information content (AvgIpc) is 2.70. The van der Waals surface area contributed by atoms with Crippen LogP contribution in [-0.4, -0.2) is 20.0 Å². The highest BCUT2D eigenvalue weighted by molar-refractivity contribution is 5.44. The van der Waals surface area contributed by atoms with Gasteiger partial charge in [-0.15, -0.1) is 4.80 Å². The smallest absolute Gasteiger partial charge is 0.122 e. The molecule has 0 fully saturated rings. The number of pyridine rings is 1. The van der Waals surface area contributed by atoms with E-state index in [-0.39, 0.29) is 0 Å². The van der Waals surface area contributed by atoms with Crippen molar-refractivity contribution in [1.82, 2.24) is 20.0 Å². The van der Waals surface area contributed by atoms with Crippen LogP contribution in [0, 0.1) is 11.3 Å². The van der Waals surface area contributed by atoms with E-state index in [9.17, 15) is 0 Å². The molecule has 0 spiro atoms. The van der Waals surface area contributed by atoms with Crippen LogP contribution < -0.4 is 0 Å². The van der Waals surface area contributed by atoms with Crippen LogP contribution in [0.4, 0.5) is 0 Å². The third kappa shape index (κ3) is 1.25. The Morgan fingerprint density at radius 2 is 2.00 bits per heavy atom. The van der Waals surface area contributed by atoms with Gasteiger partial charge in [0.1, 0.15) is 11.8 Å². The first kappa shape index (κ1) is 7.43. The van der Waals surface area contributed by atoms with Crippen molar-refractivity contribution in [2.24, 2.45) is 0 Å². The van der Waals surface area contributed by atoms with Crippen LogP contribution in [-0.2, 0) is 0 Å². The Kier molecular flexibility index (Phi) is 1.73. The molecule has 13 heavy (non-hydrogen) atoms. The Labute approximate surface area is 74.3 Å². The monoisotopic (exact) mass is 171 g/mol. The normalized spacial score (nSPS) is 9.46. The van der Waals surface area contributed by atoms with Gasteiger partial charge in [0.2, 0.25) is 0 Å². The molecule has 0 saturated carbocycles. The van der Waals surface area contributed by atoms with E-state index in [4.69, 9.17) is 5.26 Å². The predicted molar refractivity (Wildman–Crippen MR) is 43.9 cm³/mol. The molecule has 2 aromatic heterocycles. The lowest BCUT2D eigenvalue weighted by Crippen LogP contribution is -2.01. The van der Waals surface area contributed by atoms with E-state index in [1.807, 2.05) is 6.07 Å². The minimum absolute atomic E-state index is 0.506. The van der Waals surface area contributed by atoms with E-state index in [2.05, 4.69) is 15.2 Å². The summed E-state index contributed by atoms with van der Waals surface area (Å²) in [6.45, 7) is 0. The predicted octanol–water partition coefficient (Wildman–Crippen LogP) is 0.534. The molecule has 0 amide bonds. The largest absolute Gasteiger partial charge is 0.262 e. The molecule has 0 bridgehead atoms. The lowest BCUT2D eigenvalue weighted by atomic mass is 10.2.